The molecular weight excluding hydrogens is 355 g/mol. The summed E-state index contributed by atoms with van der Waals surface area (Å²) in [6.45, 7) is -0.120. The highest BCUT2D eigenvalue weighted by Crippen LogP contribution is 2.24. The van der Waals surface area contributed by atoms with E-state index >= 15 is 0 Å². The molecule has 24 heavy (non-hydrogen) atoms. The lowest BCUT2D eigenvalue weighted by Crippen LogP contribution is -1.73. The van der Waals surface area contributed by atoms with Gasteiger partial charge in [-0.1, -0.05) is 23.2 Å². The van der Waals surface area contributed by atoms with Gasteiger partial charge in [-0.05, 0) is 24.3 Å². The molecule has 0 aliphatic carbocycles. The van der Waals surface area contributed by atoms with Gasteiger partial charge in [0.1, 0.15) is 12.4 Å². The standard InChI is InChI=1S/C8H6ClNO2.C8H4ClNO2/c2*9-8-7-5(1-2-10-8)3-6(4-11)12-7/h1-3,11H,4H2;1-4H. The number of aliphatic hydroxyl groups is 1. The Bertz CT molecular complexity index is 1010. The number of aliphatic hydroxyl groups excluding tert-OH is 1. The number of carbonyl (C=O) groups excluding carboxylic acids is 1. The van der Waals surface area contributed by atoms with Crippen LogP contribution in [0.3, 0.4) is 0 Å². The summed E-state index contributed by atoms with van der Waals surface area (Å²) in [5.74, 6) is 0.764. The van der Waals surface area contributed by atoms with Crippen molar-refractivity contribution in [2.75, 3.05) is 0 Å². The first-order chi connectivity index (χ1) is 11.6. The number of rotatable bonds is 2. The van der Waals surface area contributed by atoms with Crippen LogP contribution in [-0.2, 0) is 6.61 Å². The molecule has 1 N–H and O–H groups in total. The van der Waals surface area contributed by atoms with Crippen LogP contribution in [0, 0.1) is 0 Å². The van der Waals surface area contributed by atoms with Crippen molar-refractivity contribution in [2.45, 2.75) is 6.61 Å². The van der Waals surface area contributed by atoms with Gasteiger partial charge in [0, 0.05) is 23.2 Å². The van der Waals surface area contributed by atoms with Gasteiger partial charge in [0.05, 0.1) is 0 Å². The van der Waals surface area contributed by atoms with Crippen molar-refractivity contribution in [1.29, 1.82) is 0 Å². The fraction of sp³-hybridized carbons (Fsp3) is 0.0625. The van der Waals surface area contributed by atoms with Gasteiger partial charge in [0.25, 0.3) is 0 Å². The first-order valence-corrected chi connectivity index (χ1v) is 7.51. The summed E-state index contributed by atoms with van der Waals surface area (Å²) in [5, 5.41) is 11.0. The van der Waals surface area contributed by atoms with Crippen LogP contribution in [0.15, 0.2) is 45.5 Å². The van der Waals surface area contributed by atoms with Crippen LogP contribution in [0.4, 0.5) is 0 Å². The maximum absolute atomic E-state index is 10.3. The molecule has 8 heteroatoms. The molecule has 0 aliphatic heterocycles. The molecule has 0 spiro atoms. The Hall–Kier alpha value is -2.41. The van der Waals surface area contributed by atoms with E-state index in [1.54, 1.807) is 36.7 Å². The Morgan fingerprint density at radius 1 is 1.00 bits per heavy atom. The number of hydrogen-bond acceptors (Lipinski definition) is 6. The third-order valence-corrected chi connectivity index (χ3v) is 3.66. The Morgan fingerprint density at radius 3 is 2.08 bits per heavy atom. The van der Waals surface area contributed by atoms with Crippen LogP contribution < -0.4 is 0 Å². The van der Waals surface area contributed by atoms with Crippen molar-refractivity contribution in [1.82, 2.24) is 9.97 Å². The SMILES string of the molecule is O=Cc1cc2ccnc(Cl)c2o1.OCc1cc2ccnc(Cl)c2o1. The van der Waals surface area contributed by atoms with Crippen LogP contribution in [0.2, 0.25) is 10.3 Å². The van der Waals surface area contributed by atoms with Crippen molar-refractivity contribution in [3.8, 4) is 0 Å². The van der Waals surface area contributed by atoms with Crippen LogP contribution in [0.25, 0.3) is 21.9 Å². The van der Waals surface area contributed by atoms with E-state index in [-0.39, 0.29) is 17.5 Å². The Kier molecular flexibility index (Phi) is 4.80. The number of aromatic nitrogens is 2. The van der Waals surface area contributed by atoms with Gasteiger partial charge in [-0.25, -0.2) is 9.97 Å². The van der Waals surface area contributed by atoms with E-state index in [2.05, 4.69) is 9.97 Å². The molecule has 4 heterocycles. The number of furan rings is 2. The summed E-state index contributed by atoms with van der Waals surface area (Å²) in [6, 6.07) is 6.88. The third-order valence-electron chi connectivity index (χ3n) is 3.12. The first kappa shape index (κ1) is 16.4. The number of pyridine rings is 2. The minimum Gasteiger partial charge on any atom is -0.455 e. The summed E-state index contributed by atoms with van der Waals surface area (Å²) < 4.78 is 10.3. The van der Waals surface area contributed by atoms with Crippen LogP contribution in [-0.4, -0.2) is 21.4 Å². The number of carbonyl (C=O) groups is 1. The topological polar surface area (TPSA) is 89.4 Å². The molecule has 4 aromatic heterocycles. The molecule has 0 radical (unpaired) electrons. The minimum absolute atomic E-state index is 0.120. The number of hydrogen-bond donors (Lipinski definition) is 1. The summed E-state index contributed by atoms with van der Waals surface area (Å²) in [5.41, 5.74) is 0.990. The second-order valence-electron chi connectivity index (χ2n) is 4.68. The van der Waals surface area contributed by atoms with Crippen molar-refractivity contribution < 1.29 is 18.7 Å². The lowest BCUT2D eigenvalue weighted by atomic mass is 10.3. The molecule has 0 atom stereocenters. The highest BCUT2D eigenvalue weighted by Gasteiger charge is 2.06. The maximum atomic E-state index is 10.3. The average Bonchev–Trinajstić information content (AvgIpc) is 3.20. The van der Waals surface area contributed by atoms with E-state index in [1.165, 1.54) is 0 Å². The molecule has 0 fully saturated rings. The molecule has 6 nitrogen and oxygen atoms in total. The van der Waals surface area contributed by atoms with E-state index in [0.29, 0.717) is 28.4 Å². The van der Waals surface area contributed by atoms with Gasteiger partial charge < -0.3 is 13.9 Å². The zero-order valence-electron chi connectivity index (χ0n) is 12.1. The van der Waals surface area contributed by atoms with Crippen LogP contribution >= 0.6 is 23.2 Å². The molecule has 4 aromatic rings. The molecular formula is C16H10Cl2N2O4. The van der Waals surface area contributed by atoms with Crippen LogP contribution in [0.1, 0.15) is 16.3 Å². The zero-order chi connectivity index (χ0) is 17.1. The molecule has 122 valence electrons. The Morgan fingerprint density at radius 2 is 1.58 bits per heavy atom. The van der Waals surface area contributed by atoms with E-state index in [1.807, 2.05) is 0 Å². The van der Waals surface area contributed by atoms with Gasteiger partial charge in [-0.2, -0.15) is 0 Å². The molecule has 0 aliphatic rings. The average molecular weight is 365 g/mol. The Labute approximate surface area is 145 Å². The number of fused-ring (bicyclic) bond motifs is 2. The largest absolute Gasteiger partial charge is 0.455 e. The predicted molar refractivity (Wildman–Crippen MR) is 89.3 cm³/mol. The third kappa shape index (κ3) is 3.26. The minimum atomic E-state index is -0.120. The van der Waals surface area contributed by atoms with Gasteiger partial charge in [0.2, 0.25) is 0 Å². The van der Waals surface area contributed by atoms with Gasteiger partial charge in [-0.3, -0.25) is 4.79 Å². The second-order valence-corrected chi connectivity index (χ2v) is 5.39. The molecule has 4 rings (SSSR count). The van der Waals surface area contributed by atoms with Gasteiger partial charge >= 0.3 is 0 Å². The number of halogens is 2. The van der Waals surface area contributed by atoms with Crippen molar-refractivity contribution in [2.24, 2.45) is 0 Å². The molecule has 0 unspecified atom stereocenters. The summed E-state index contributed by atoms with van der Waals surface area (Å²) in [6.07, 6.45) is 3.80. The van der Waals surface area contributed by atoms with E-state index in [4.69, 9.17) is 37.1 Å². The molecule has 0 saturated heterocycles. The fourth-order valence-electron chi connectivity index (χ4n) is 2.07. The Balaban J connectivity index is 0.000000141. The van der Waals surface area contributed by atoms with Crippen molar-refractivity contribution in [3.63, 3.8) is 0 Å². The first-order valence-electron chi connectivity index (χ1n) is 6.75. The fourth-order valence-corrected chi connectivity index (χ4v) is 2.48. The van der Waals surface area contributed by atoms with Gasteiger partial charge in [0.15, 0.2) is 33.5 Å². The quantitative estimate of drug-likeness (QED) is 0.422. The summed E-state index contributed by atoms with van der Waals surface area (Å²) in [4.78, 5) is 18.0. The zero-order valence-corrected chi connectivity index (χ0v) is 13.6. The van der Waals surface area contributed by atoms with Gasteiger partial charge in [-0.15, -0.1) is 0 Å². The number of aldehydes is 1. The number of nitrogens with zero attached hydrogens (tertiary/aromatic N) is 2. The lowest BCUT2D eigenvalue weighted by molar-refractivity contribution is 0.110. The second kappa shape index (κ2) is 7.00. The maximum Gasteiger partial charge on any atom is 0.185 e. The van der Waals surface area contributed by atoms with E-state index < -0.39 is 0 Å². The van der Waals surface area contributed by atoms with Crippen LogP contribution in [0.5, 0.6) is 0 Å². The molecule has 0 aromatic carbocycles. The smallest absolute Gasteiger partial charge is 0.185 e. The lowest BCUT2D eigenvalue weighted by Gasteiger charge is -1.88. The van der Waals surface area contributed by atoms with E-state index in [9.17, 15) is 4.79 Å². The monoisotopic (exact) mass is 364 g/mol. The molecule has 0 saturated carbocycles. The molecule has 0 amide bonds. The highest BCUT2D eigenvalue weighted by molar-refractivity contribution is 6.33. The summed E-state index contributed by atoms with van der Waals surface area (Å²) >= 11 is 11.4. The molecule has 0 bridgehead atoms. The van der Waals surface area contributed by atoms with E-state index in [0.717, 1.165) is 10.8 Å². The van der Waals surface area contributed by atoms with Crippen molar-refractivity contribution >= 4 is 51.4 Å². The van der Waals surface area contributed by atoms with Crippen molar-refractivity contribution in [3.05, 3.63) is 58.5 Å². The summed E-state index contributed by atoms with van der Waals surface area (Å²) in [7, 11) is 0. The normalized spacial score (nSPS) is 10.6. The highest BCUT2D eigenvalue weighted by atomic mass is 35.5. The predicted octanol–water partition coefficient (Wildman–Crippen LogP) is 4.27.